The number of carbonyl (C=O) groups excluding carboxylic acids is 1. The number of carbonyl (C=O) groups is 1. The summed E-state index contributed by atoms with van der Waals surface area (Å²) in [6, 6.07) is 9.23. The van der Waals surface area contributed by atoms with Crippen LogP contribution in [0.2, 0.25) is 0 Å². The van der Waals surface area contributed by atoms with Crippen LogP contribution in [0, 0.1) is 13.8 Å². The van der Waals surface area contributed by atoms with Crippen LogP contribution < -0.4 is 10.6 Å². The lowest BCUT2D eigenvalue weighted by atomic mass is 10.1. The van der Waals surface area contributed by atoms with Crippen molar-refractivity contribution in [1.29, 1.82) is 0 Å². The van der Waals surface area contributed by atoms with E-state index in [-0.39, 0.29) is 11.6 Å². The Morgan fingerprint density at radius 3 is 2.26 bits per heavy atom. The minimum atomic E-state index is -0.264. The molecule has 0 bridgehead atoms. The van der Waals surface area contributed by atoms with Gasteiger partial charge in [0.25, 0.3) is 5.91 Å². The van der Waals surface area contributed by atoms with Gasteiger partial charge in [0.1, 0.15) is 5.82 Å². The van der Waals surface area contributed by atoms with Crippen molar-refractivity contribution < 1.29 is 4.79 Å². The number of amides is 1. The molecule has 0 saturated carbocycles. The van der Waals surface area contributed by atoms with Crippen molar-refractivity contribution in [1.82, 2.24) is 10.2 Å². The number of nitrogens with one attached hydrogen (secondary N) is 2. The molecule has 2 N–H and O–H groups in total. The SMILES string of the molecule is CNc1ccc(C(=O)Nc2cc(C)cc(C)c2)nn1. The number of anilines is 2. The van der Waals surface area contributed by atoms with Crippen LogP contribution in [0.5, 0.6) is 0 Å². The number of hydrogen-bond donors (Lipinski definition) is 2. The van der Waals surface area contributed by atoms with Crippen LogP contribution in [0.25, 0.3) is 0 Å². The Labute approximate surface area is 112 Å². The van der Waals surface area contributed by atoms with E-state index in [0.29, 0.717) is 5.82 Å². The number of aromatic nitrogens is 2. The summed E-state index contributed by atoms with van der Waals surface area (Å²) in [7, 11) is 1.75. The summed E-state index contributed by atoms with van der Waals surface area (Å²) in [4.78, 5) is 12.0. The Morgan fingerprint density at radius 1 is 1.05 bits per heavy atom. The van der Waals surface area contributed by atoms with Gasteiger partial charge in [-0.25, -0.2) is 0 Å². The first-order valence-corrected chi connectivity index (χ1v) is 5.99. The fourth-order valence-corrected chi connectivity index (χ4v) is 1.83. The van der Waals surface area contributed by atoms with Gasteiger partial charge in [-0.3, -0.25) is 4.79 Å². The number of aryl methyl sites for hydroxylation is 2. The quantitative estimate of drug-likeness (QED) is 0.884. The molecule has 1 aromatic carbocycles. The van der Waals surface area contributed by atoms with Gasteiger partial charge in [-0.1, -0.05) is 6.07 Å². The third kappa shape index (κ3) is 3.28. The molecular weight excluding hydrogens is 240 g/mol. The highest BCUT2D eigenvalue weighted by molar-refractivity contribution is 6.02. The van der Waals surface area contributed by atoms with Crippen molar-refractivity contribution in [3.63, 3.8) is 0 Å². The summed E-state index contributed by atoms with van der Waals surface area (Å²) in [6.07, 6.45) is 0. The highest BCUT2D eigenvalue weighted by Crippen LogP contribution is 2.14. The van der Waals surface area contributed by atoms with Gasteiger partial charge in [-0.05, 0) is 49.2 Å². The molecule has 1 amide bonds. The zero-order chi connectivity index (χ0) is 13.8. The maximum absolute atomic E-state index is 12.0. The van der Waals surface area contributed by atoms with E-state index in [1.807, 2.05) is 26.0 Å². The molecule has 0 atom stereocenters. The first kappa shape index (κ1) is 13.0. The predicted molar refractivity (Wildman–Crippen MR) is 75.4 cm³/mol. The summed E-state index contributed by atoms with van der Waals surface area (Å²) in [6.45, 7) is 3.98. The molecule has 0 unspecified atom stereocenters. The summed E-state index contributed by atoms with van der Waals surface area (Å²) >= 11 is 0. The van der Waals surface area contributed by atoms with Crippen LogP contribution in [-0.4, -0.2) is 23.2 Å². The topological polar surface area (TPSA) is 66.9 Å². The lowest BCUT2D eigenvalue weighted by molar-refractivity contribution is 0.102. The molecule has 1 aromatic heterocycles. The minimum absolute atomic E-state index is 0.264. The minimum Gasteiger partial charge on any atom is -0.372 e. The van der Waals surface area contributed by atoms with Crippen LogP contribution in [0.15, 0.2) is 30.3 Å². The van der Waals surface area contributed by atoms with Gasteiger partial charge in [0.2, 0.25) is 0 Å². The van der Waals surface area contributed by atoms with E-state index in [2.05, 4.69) is 26.9 Å². The van der Waals surface area contributed by atoms with Crippen molar-refractivity contribution in [3.8, 4) is 0 Å². The van der Waals surface area contributed by atoms with Gasteiger partial charge < -0.3 is 10.6 Å². The Kier molecular flexibility index (Phi) is 3.75. The van der Waals surface area contributed by atoms with Gasteiger partial charge in [-0.15, -0.1) is 10.2 Å². The van der Waals surface area contributed by atoms with Gasteiger partial charge in [0.05, 0.1) is 0 Å². The van der Waals surface area contributed by atoms with E-state index in [1.54, 1.807) is 19.2 Å². The predicted octanol–water partition coefficient (Wildman–Crippen LogP) is 2.39. The van der Waals surface area contributed by atoms with Crippen molar-refractivity contribution in [2.24, 2.45) is 0 Å². The fourth-order valence-electron chi connectivity index (χ4n) is 1.83. The maximum Gasteiger partial charge on any atom is 0.276 e. The zero-order valence-corrected chi connectivity index (χ0v) is 11.2. The number of rotatable bonds is 3. The molecular formula is C14H16N4O. The standard InChI is InChI=1S/C14H16N4O/c1-9-6-10(2)8-11(7-9)16-14(19)12-4-5-13(15-3)18-17-12/h4-8H,1-3H3,(H,15,18)(H,16,19). The summed E-state index contributed by atoms with van der Waals surface area (Å²) in [5.74, 6) is 0.364. The molecule has 0 saturated heterocycles. The number of benzene rings is 1. The molecule has 0 aliphatic carbocycles. The molecule has 0 fully saturated rings. The van der Waals surface area contributed by atoms with Crippen LogP contribution >= 0.6 is 0 Å². The first-order valence-electron chi connectivity index (χ1n) is 5.99. The lowest BCUT2D eigenvalue weighted by Crippen LogP contribution is -2.14. The number of hydrogen-bond acceptors (Lipinski definition) is 4. The molecule has 2 rings (SSSR count). The summed E-state index contributed by atoms with van der Waals surface area (Å²) in [5.41, 5.74) is 3.26. The van der Waals surface area contributed by atoms with E-state index in [0.717, 1.165) is 16.8 Å². The average molecular weight is 256 g/mol. The zero-order valence-electron chi connectivity index (χ0n) is 11.2. The number of nitrogens with zero attached hydrogens (tertiary/aromatic N) is 2. The second-order valence-electron chi connectivity index (χ2n) is 4.38. The first-order chi connectivity index (χ1) is 9.08. The molecule has 5 heteroatoms. The Morgan fingerprint density at radius 2 is 1.74 bits per heavy atom. The third-order valence-electron chi connectivity index (χ3n) is 2.63. The molecule has 98 valence electrons. The van der Waals surface area contributed by atoms with Crippen molar-refractivity contribution in [2.45, 2.75) is 13.8 Å². The van der Waals surface area contributed by atoms with Gasteiger partial charge in [0.15, 0.2) is 5.69 Å². The highest BCUT2D eigenvalue weighted by atomic mass is 16.1. The smallest absolute Gasteiger partial charge is 0.276 e. The van der Waals surface area contributed by atoms with Crippen LogP contribution in [0.4, 0.5) is 11.5 Å². The molecule has 0 spiro atoms. The van der Waals surface area contributed by atoms with E-state index >= 15 is 0 Å². The Bertz CT molecular complexity index is 573. The molecule has 19 heavy (non-hydrogen) atoms. The second kappa shape index (κ2) is 5.48. The normalized spacial score (nSPS) is 10.1. The van der Waals surface area contributed by atoms with Crippen LogP contribution in [0.3, 0.4) is 0 Å². The summed E-state index contributed by atoms with van der Waals surface area (Å²) < 4.78 is 0. The molecule has 2 aromatic rings. The Balaban J connectivity index is 2.15. The fraction of sp³-hybridized carbons (Fsp3) is 0.214. The molecule has 0 aliphatic rings. The molecule has 0 aliphatic heterocycles. The largest absolute Gasteiger partial charge is 0.372 e. The molecule has 1 heterocycles. The van der Waals surface area contributed by atoms with Crippen LogP contribution in [-0.2, 0) is 0 Å². The van der Waals surface area contributed by atoms with E-state index < -0.39 is 0 Å². The van der Waals surface area contributed by atoms with E-state index in [1.165, 1.54) is 0 Å². The van der Waals surface area contributed by atoms with Gasteiger partial charge >= 0.3 is 0 Å². The molecule has 5 nitrogen and oxygen atoms in total. The van der Waals surface area contributed by atoms with Crippen LogP contribution in [0.1, 0.15) is 21.6 Å². The second-order valence-corrected chi connectivity index (χ2v) is 4.38. The summed E-state index contributed by atoms with van der Waals surface area (Å²) in [5, 5.41) is 13.4. The van der Waals surface area contributed by atoms with Crippen molar-refractivity contribution >= 4 is 17.4 Å². The van der Waals surface area contributed by atoms with E-state index in [4.69, 9.17) is 0 Å². The maximum atomic E-state index is 12.0. The van der Waals surface area contributed by atoms with Crippen molar-refractivity contribution in [2.75, 3.05) is 17.7 Å². The van der Waals surface area contributed by atoms with Gasteiger partial charge in [0, 0.05) is 12.7 Å². The average Bonchev–Trinajstić information content (AvgIpc) is 2.37. The Hall–Kier alpha value is -2.43. The van der Waals surface area contributed by atoms with Gasteiger partial charge in [-0.2, -0.15) is 0 Å². The highest BCUT2D eigenvalue weighted by Gasteiger charge is 2.08. The van der Waals surface area contributed by atoms with E-state index in [9.17, 15) is 4.79 Å². The van der Waals surface area contributed by atoms with Crippen molar-refractivity contribution in [3.05, 3.63) is 47.2 Å². The third-order valence-corrected chi connectivity index (χ3v) is 2.63. The lowest BCUT2D eigenvalue weighted by Gasteiger charge is -2.07. The monoisotopic (exact) mass is 256 g/mol. The molecule has 0 radical (unpaired) electrons.